The monoisotopic (exact) mass is 484 g/mol. The number of hydrogen-bond donors (Lipinski definition) is 0. The van der Waals surface area contributed by atoms with E-state index < -0.39 is 0 Å². The smallest absolute Gasteiger partial charge is 0.142 e. The Labute approximate surface area is 207 Å². The van der Waals surface area contributed by atoms with Crippen LogP contribution in [0.1, 0.15) is 89.0 Å². The summed E-state index contributed by atoms with van der Waals surface area (Å²) < 4.78 is 13.8. The van der Waals surface area contributed by atoms with Gasteiger partial charge in [0, 0.05) is 8.80 Å². The van der Waals surface area contributed by atoms with Gasteiger partial charge < -0.3 is 0 Å². The highest BCUT2D eigenvalue weighted by atomic mass is 35.5. The SMILES string of the molecule is CCCCC[SiH]1CCC(CC[C@H]2CC[C@H](c3ccc(-c4ccc(Cl)c(F)c4)cc3)CC2)CC1. The van der Waals surface area contributed by atoms with Gasteiger partial charge in [-0.05, 0) is 72.3 Å². The van der Waals surface area contributed by atoms with Gasteiger partial charge in [0.2, 0.25) is 0 Å². The second-order valence-corrected chi connectivity index (χ2v) is 14.8. The van der Waals surface area contributed by atoms with E-state index in [1.807, 2.05) is 6.07 Å². The molecule has 0 radical (unpaired) electrons. The predicted octanol–water partition coefficient (Wildman–Crippen LogP) is 10.0. The Morgan fingerprint density at radius 3 is 2.09 bits per heavy atom. The third-order valence-electron chi connectivity index (χ3n) is 8.65. The number of rotatable bonds is 9. The van der Waals surface area contributed by atoms with Crippen molar-refractivity contribution in [1.82, 2.24) is 0 Å². The molecule has 3 heteroatoms. The lowest BCUT2D eigenvalue weighted by Crippen LogP contribution is -2.22. The highest BCUT2D eigenvalue weighted by Gasteiger charge is 2.25. The standard InChI is InChI=1S/C30H42ClFSi/c1-2-3-4-19-33-20-17-24(18-21-33)6-5-23-7-9-25(10-8-23)26-11-13-27(14-12-26)28-15-16-29(31)30(32)22-28/h11-16,22-25,33H,2-10,17-21H2,1H3/t23-,24?,25-,33?. The average Bonchev–Trinajstić information content (AvgIpc) is 2.86. The third-order valence-corrected chi connectivity index (χ3v) is 12.5. The van der Waals surface area contributed by atoms with Crippen LogP contribution in [-0.4, -0.2) is 8.80 Å². The van der Waals surface area contributed by atoms with Crippen LogP contribution in [0.3, 0.4) is 0 Å². The molecular weight excluding hydrogens is 443 g/mol. The van der Waals surface area contributed by atoms with Gasteiger partial charge in [-0.1, -0.05) is 112 Å². The highest BCUT2D eigenvalue weighted by molar-refractivity contribution is 6.58. The fourth-order valence-electron chi connectivity index (χ4n) is 6.37. The lowest BCUT2D eigenvalue weighted by molar-refractivity contribution is 0.280. The molecule has 1 aliphatic heterocycles. The number of halogens is 2. The van der Waals surface area contributed by atoms with E-state index in [9.17, 15) is 4.39 Å². The summed E-state index contributed by atoms with van der Waals surface area (Å²) in [6.45, 7) is 2.33. The fourth-order valence-corrected chi connectivity index (χ4v) is 10.1. The molecule has 1 heterocycles. The summed E-state index contributed by atoms with van der Waals surface area (Å²) in [6.07, 6.45) is 15.9. The minimum Gasteiger partial charge on any atom is -0.205 e. The van der Waals surface area contributed by atoms with Crippen LogP contribution in [0.15, 0.2) is 42.5 Å². The first-order valence-electron chi connectivity index (χ1n) is 13.7. The lowest BCUT2D eigenvalue weighted by Gasteiger charge is -2.32. The van der Waals surface area contributed by atoms with Gasteiger partial charge in [0.05, 0.1) is 5.02 Å². The van der Waals surface area contributed by atoms with E-state index in [0.29, 0.717) is 5.92 Å². The molecule has 0 amide bonds. The van der Waals surface area contributed by atoms with Gasteiger partial charge >= 0.3 is 0 Å². The number of unbranched alkanes of at least 4 members (excludes halogenated alkanes) is 2. The first-order valence-corrected chi connectivity index (χ1v) is 16.5. The summed E-state index contributed by atoms with van der Waals surface area (Å²) in [5, 5.41) is 0.184. The maximum absolute atomic E-state index is 13.8. The van der Waals surface area contributed by atoms with Crippen molar-refractivity contribution in [2.45, 2.75) is 102 Å². The summed E-state index contributed by atoms with van der Waals surface area (Å²) >= 11 is 5.83. The molecule has 0 spiro atoms. The van der Waals surface area contributed by atoms with Crippen LogP contribution in [0, 0.1) is 17.7 Å². The van der Waals surface area contributed by atoms with E-state index in [2.05, 4.69) is 31.2 Å². The Hall–Kier alpha value is -1.12. The van der Waals surface area contributed by atoms with Crippen molar-refractivity contribution in [1.29, 1.82) is 0 Å². The van der Waals surface area contributed by atoms with Gasteiger partial charge in [-0.25, -0.2) is 4.39 Å². The highest BCUT2D eigenvalue weighted by Crippen LogP contribution is 2.40. The molecule has 1 saturated carbocycles. The van der Waals surface area contributed by atoms with E-state index in [1.54, 1.807) is 37.0 Å². The second-order valence-electron chi connectivity index (χ2n) is 10.9. The zero-order chi connectivity index (χ0) is 23.0. The maximum Gasteiger partial charge on any atom is 0.142 e. The maximum atomic E-state index is 13.8. The molecule has 0 bridgehead atoms. The van der Waals surface area contributed by atoms with Crippen LogP contribution in [0.25, 0.3) is 11.1 Å². The molecule has 4 rings (SSSR count). The molecule has 0 atom stereocenters. The molecule has 2 fully saturated rings. The molecule has 2 aromatic carbocycles. The molecule has 1 saturated heterocycles. The molecule has 0 nitrogen and oxygen atoms in total. The topological polar surface area (TPSA) is 0 Å². The van der Waals surface area contributed by atoms with E-state index in [-0.39, 0.29) is 19.6 Å². The van der Waals surface area contributed by atoms with Gasteiger partial charge in [-0.2, -0.15) is 0 Å². The van der Waals surface area contributed by atoms with Gasteiger partial charge in [-0.3, -0.25) is 0 Å². The average molecular weight is 485 g/mol. The first-order chi connectivity index (χ1) is 16.1. The largest absolute Gasteiger partial charge is 0.205 e. The van der Waals surface area contributed by atoms with Gasteiger partial charge in [0.15, 0.2) is 0 Å². The van der Waals surface area contributed by atoms with Gasteiger partial charge in [0.25, 0.3) is 0 Å². The molecule has 2 aromatic rings. The van der Waals surface area contributed by atoms with Crippen LogP contribution >= 0.6 is 11.6 Å². The molecule has 1 aliphatic carbocycles. The molecule has 0 aromatic heterocycles. The fraction of sp³-hybridized carbons (Fsp3) is 0.600. The Morgan fingerprint density at radius 1 is 0.818 bits per heavy atom. The molecule has 0 unspecified atom stereocenters. The van der Waals surface area contributed by atoms with Crippen LogP contribution in [-0.2, 0) is 0 Å². The van der Waals surface area contributed by atoms with Crippen molar-refractivity contribution in [2.24, 2.45) is 11.8 Å². The van der Waals surface area contributed by atoms with Crippen molar-refractivity contribution in [3.05, 3.63) is 58.9 Å². The van der Waals surface area contributed by atoms with E-state index in [1.165, 1.54) is 69.4 Å². The summed E-state index contributed by atoms with van der Waals surface area (Å²) in [6, 6.07) is 18.8. The van der Waals surface area contributed by atoms with Crippen molar-refractivity contribution in [2.75, 3.05) is 0 Å². The first kappa shape index (κ1) is 25.0. The predicted molar refractivity (Wildman–Crippen MR) is 145 cm³/mol. The van der Waals surface area contributed by atoms with E-state index in [4.69, 9.17) is 11.6 Å². The van der Waals surface area contributed by atoms with Gasteiger partial charge in [0.1, 0.15) is 5.82 Å². The van der Waals surface area contributed by atoms with Crippen molar-refractivity contribution < 1.29 is 4.39 Å². The summed E-state index contributed by atoms with van der Waals surface area (Å²) in [5.74, 6) is 2.35. The molecule has 33 heavy (non-hydrogen) atoms. The van der Waals surface area contributed by atoms with Crippen LogP contribution < -0.4 is 0 Å². The second kappa shape index (κ2) is 12.5. The number of benzene rings is 2. The number of hydrogen-bond acceptors (Lipinski definition) is 0. The summed E-state index contributed by atoms with van der Waals surface area (Å²) in [5.41, 5.74) is 3.41. The normalized spacial score (nSPS) is 25.8. The van der Waals surface area contributed by atoms with Crippen molar-refractivity contribution in [3.8, 4) is 11.1 Å². The van der Waals surface area contributed by atoms with Crippen LogP contribution in [0.2, 0.25) is 23.2 Å². The van der Waals surface area contributed by atoms with Crippen molar-refractivity contribution >= 4 is 20.4 Å². The Balaban J connectivity index is 1.18. The molecule has 180 valence electrons. The van der Waals surface area contributed by atoms with Crippen LogP contribution in [0.5, 0.6) is 0 Å². The summed E-state index contributed by atoms with van der Waals surface area (Å²) in [4.78, 5) is 0. The third kappa shape index (κ3) is 7.18. The zero-order valence-corrected chi connectivity index (χ0v) is 22.4. The van der Waals surface area contributed by atoms with E-state index >= 15 is 0 Å². The Morgan fingerprint density at radius 2 is 1.45 bits per heavy atom. The quantitative estimate of drug-likeness (QED) is 0.245. The van der Waals surface area contributed by atoms with Crippen LogP contribution in [0.4, 0.5) is 4.39 Å². The zero-order valence-electron chi connectivity index (χ0n) is 20.5. The molecule has 2 aliphatic rings. The molecular formula is C30H42ClFSi. The molecule has 0 N–H and O–H groups in total. The van der Waals surface area contributed by atoms with Gasteiger partial charge in [-0.15, -0.1) is 0 Å². The minimum absolute atomic E-state index is 0.184. The van der Waals surface area contributed by atoms with Crippen molar-refractivity contribution in [3.63, 3.8) is 0 Å². The van der Waals surface area contributed by atoms with E-state index in [0.717, 1.165) is 23.0 Å². The Kier molecular flexibility index (Phi) is 9.50. The lowest BCUT2D eigenvalue weighted by atomic mass is 9.76. The summed E-state index contributed by atoms with van der Waals surface area (Å²) in [7, 11) is -0.352. The minimum atomic E-state index is -0.352. The Bertz CT molecular complexity index is 848.